The van der Waals surface area contributed by atoms with E-state index < -0.39 is 9.05 Å². The first-order chi connectivity index (χ1) is 8.31. The second-order valence-corrected chi connectivity index (χ2v) is 7.40. The largest absolute Gasteiger partial charge is 0.493 e. The second-order valence-electron chi connectivity index (χ2n) is 3.83. The van der Waals surface area contributed by atoms with Crippen molar-refractivity contribution in [2.75, 3.05) is 7.11 Å². The van der Waals surface area contributed by atoms with Crippen LogP contribution in [-0.4, -0.2) is 15.5 Å². The Morgan fingerprint density at radius 2 is 2.11 bits per heavy atom. The average molecular weight is 354 g/mol. The summed E-state index contributed by atoms with van der Waals surface area (Å²) in [5.41, 5.74) is 1.12. The van der Waals surface area contributed by atoms with Crippen molar-refractivity contribution in [3.63, 3.8) is 0 Å². The molecular weight excluding hydrogens is 344 g/mol. The van der Waals surface area contributed by atoms with E-state index in [-0.39, 0.29) is 5.75 Å². The SMILES string of the molecule is COc1cc(CS(=O)(=O)Cl)c(Br)c2cc(C)oc12. The molecule has 0 radical (unpaired) electrons. The number of fused-ring (bicyclic) bond motifs is 1. The number of hydrogen-bond acceptors (Lipinski definition) is 4. The molecule has 2 aromatic rings. The number of halogens is 2. The van der Waals surface area contributed by atoms with Gasteiger partial charge in [-0.3, -0.25) is 0 Å². The lowest BCUT2D eigenvalue weighted by Crippen LogP contribution is -1.97. The van der Waals surface area contributed by atoms with Crippen LogP contribution >= 0.6 is 26.6 Å². The first-order valence-electron chi connectivity index (χ1n) is 4.99. The molecule has 1 aromatic carbocycles. The van der Waals surface area contributed by atoms with Gasteiger partial charge in [0, 0.05) is 20.5 Å². The molecule has 7 heteroatoms. The molecule has 98 valence electrons. The van der Waals surface area contributed by atoms with Crippen LogP contribution in [0.25, 0.3) is 11.0 Å². The van der Waals surface area contributed by atoms with Gasteiger partial charge in [0.2, 0.25) is 9.05 Å². The molecule has 4 nitrogen and oxygen atoms in total. The maximum atomic E-state index is 11.2. The molecule has 0 aliphatic carbocycles. The predicted molar refractivity (Wildman–Crippen MR) is 73.7 cm³/mol. The summed E-state index contributed by atoms with van der Waals surface area (Å²) < 4.78 is 33.7. The fourth-order valence-corrected chi connectivity index (χ4v) is 3.45. The zero-order valence-electron chi connectivity index (χ0n) is 9.66. The molecule has 1 heterocycles. The van der Waals surface area contributed by atoms with Crippen molar-refractivity contribution in [3.05, 3.63) is 27.9 Å². The topological polar surface area (TPSA) is 56.5 Å². The van der Waals surface area contributed by atoms with Crippen molar-refractivity contribution in [2.45, 2.75) is 12.7 Å². The minimum Gasteiger partial charge on any atom is -0.493 e. The van der Waals surface area contributed by atoms with Crippen molar-refractivity contribution in [1.29, 1.82) is 0 Å². The van der Waals surface area contributed by atoms with Gasteiger partial charge in [0.25, 0.3) is 0 Å². The summed E-state index contributed by atoms with van der Waals surface area (Å²) in [5.74, 6) is 0.928. The molecule has 0 saturated heterocycles. The van der Waals surface area contributed by atoms with Gasteiger partial charge in [-0.2, -0.15) is 0 Å². The average Bonchev–Trinajstić information content (AvgIpc) is 2.63. The standard InChI is InChI=1S/C11H10BrClO4S/c1-6-3-8-10(12)7(5-18(13,14)15)4-9(16-2)11(8)17-6/h3-4H,5H2,1-2H3. The van der Waals surface area contributed by atoms with Crippen LogP contribution in [0.5, 0.6) is 5.75 Å². The normalized spacial score (nSPS) is 12.0. The van der Waals surface area contributed by atoms with E-state index in [1.165, 1.54) is 7.11 Å². The highest BCUT2D eigenvalue weighted by Gasteiger charge is 2.18. The van der Waals surface area contributed by atoms with Gasteiger partial charge in [0.15, 0.2) is 11.3 Å². The summed E-state index contributed by atoms with van der Waals surface area (Å²) in [5, 5.41) is 0.766. The Kier molecular flexibility index (Phi) is 3.62. The van der Waals surface area contributed by atoms with Crippen molar-refractivity contribution in [2.24, 2.45) is 0 Å². The fraction of sp³-hybridized carbons (Fsp3) is 0.273. The Bertz CT molecular complexity index is 705. The summed E-state index contributed by atoms with van der Waals surface area (Å²) in [6.45, 7) is 1.81. The van der Waals surface area contributed by atoms with Crippen molar-refractivity contribution in [1.82, 2.24) is 0 Å². The Hall–Kier alpha value is -0.720. The molecule has 0 saturated carbocycles. The van der Waals surface area contributed by atoms with E-state index in [0.717, 1.165) is 11.1 Å². The Labute approximate surface area is 117 Å². The zero-order valence-corrected chi connectivity index (χ0v) is 12.8. The van der Waals surface area contributed by atoms with E-state index >= 15 is 0 Å². The molecule has 0 amide bonds. The fourth-order valence-electron chi connectivity index (χ4n) is 1.76. The van der Waals surface area contributed by atoms with Crippen LogP contribution in [0.3, 0.4) is 0 Å². The molecule has 0 bridgehead atoms. The number of benzene rings is 1. The van der Waals surface area contributed by atoms with Crippen LogP contribution in [0.2, 0.25) is 0 Å². The Morgan fingerprint density at radius 3 is 2.67 bits per heavy atom. The zero-order chi connectivity index (χ0) is 13.5. The van der Waals surface area contributed by atoms with E-state index in [1.807, 2.05) is 13.0 Å². The van der Waals surface area contributed by atoms with Gasteiger partial charge < -0.3 is 9.15 Å². The van der Waals surface area contributed by atoms with Gasteiger partial charge in [0.1, 0.15) is 5.76 Å². The maximum Gasteiger partial charge on any atom is 0.236 e. The van der Waals surface area contributed by atoms with Crippen LogP contribution in [0.1, 0.15) is 11.3 Å². The molecule has 1 aromatic heterocycles. The number of hydrogen-bond donors (Lipinski definition) is 0. The quantitative estimate of drug-likeness (QED) is 0.791. The third-order valence-electron chi connectivity index (χ3n) is 2.45. The number of methoxy groups -OCH3 is 1. The van der Waals surface area contributed by atoms with Crippen LogP contribution < -0.4 is 4.74 Å². The number of furan rings is 1. The molecule has 0 atom stereocenters. The van der Waals surface area contributed by atoms with Crippen LogP contribution in [0.15, 0.2) is 21.0 Å². The minimum atomic E-state index is -3.63. The van der Waals surface area contributed by atoms with Crippen LogP contribution in [0.4, 0.5) is 0 Å². The van der Waals surface area contributed by atoms with E-state index in [0.29, 0.717) is 21.4 Å². The van der Waals surface area contributed by atoms with Crippen molar-refractivity contribution >= 4 is 46.6 Å². The number of rotatable bonds is 3. The molecular formula is C11H10BrClO4S. The van der Waals surface area contributed by atoms with Crippen molar-refractivity contribution < 1.29 is 17.6 Å². The lowest BCUT2D eigenvalue weighted by atomic mass is 10.1. The predicted octanol–water partition coefficient (Wildman–Crippen LogP) is 3.58. The molecule has 0 aliphatic rings. The van der Waals surface area contributed by atoms with E-state index in [9.17, 15) is 8.42 Å². The summed E-state index contributed by atoms with van der Waals surface area (Å²) in [6.07, 6.45) is 0. The lowest BCUT2D eigenvalue weighted by Gasteiger charge is -2.07. The van der Waals surface area contributed by atoms with Crippen molar-refractivity contribution in [3.8, 4) is 5.75 Å². The lowest BCUT2D eigenvalue weighted by molar-refractivity contribution is 0.408. The molecule has 0 aliphatic heterocycles. The molecule has 0 N–H and O–H groups in total. The summed E-state index contributed by atoms with van der Waals surface area (Å²) in [7, 11) is 3.15. The molecule has 0 spiro atoms. The third kappa shape index (κ3) is 2.65. The Morgan fingerprint density at radius 1 is 1.44 bits per heavy atom. The minimum absolute atomic E-state index is 0.272. The summed E-state index contributed by atoms with van der Waals surface area (Å²) >= 11 is 3.37. The molecule has 18 heavy (non-hydrogen) atoms. The van der Waals surface area contributed by atoms with Gasteiger partial charge in [-0.25, -0.2) is 8.42 Å². The molecule has 2 rings (SSSR count). The smallest absolute Gasteiger partial charge is 0.236 e. The van der Waals surface area contributed by atoms with Gasteiger partial charge in [-0.1, -0.05) is 0 Å². The maximum absolute atomic E-state index is 11.2. The van der Waals surface area contributed by atoms with Gasteiger partial charge >= 0.3 is 0 Å². The monoisotopic (exact) mass is 352 g/mol. The highest BCUT2D eigenvalue weighted by Crippen LogP contribution is 2.37. The first kappa shape index (κ1) is 13.7. The van der Waals surface area contributed by atoms with E-state index in [1.54, 1.807) is 6.07 Å². The molecule has 0 fully saturated rings. The van der Waals surface area contributed by atoms with Crippen LogP contribution in [-0.2, 0) is 14.8 Å². The van der Waals surface area contributed by atoms with Gasteiger partial charge in [-0.05, 0) is 40.5 Å². The number of aryl methyl sites for hydroxylation is 1. The third-order valence-corrected chi connectivity index (χ3v) is 4.37. The van der Waals surface area contributed by atoms with E-state index in [4.69, 9.17) is 19.8 Å². The second kappa shape index (κ2) is 4.75. The highest BCUT2D eigenvalue weighted by molar-refractivity contribution is 9.10. The van der Waals surface area contributed by atoms with Gasteiger partial charge in [0.05, 0.1) is 12.9 Å². The summed E-state index contributed by atoms with van der Waals surface area (Å²) in [6, 6.07) is 3.42. The first-order valence-corrected chi connectivity index (χ1v) is 8.27. The molecule has 0 unspecified atom stereocenters. The Balaban J connectivity index is 2.72. The number of ether oxygens (including phenoxy) is 1. The summed E-state index contributed by atoms with van der Waals surface area (Å²) in [4.78, 5) is 0. The van der Waals surface area contributed by atoms with E-state index in [2.05, 4.69) is 15.9 Å². The highest BCUT2D eigenvalue weighted by atomic mass is 79.9. The van der Waals surface area contributed by atoms with Crippen LogP contribution in [0, 0.1) is 6.92 Å². The van der Waals surface area contributed by atoms with Gasteiger partial charge in [-0.15, -0.1) is 0 Å².